The highest BCUT2D eigenvalue weighted by Crippen LogP contribution is 2.25. The molecule has 0 fully saturated rings. The van der Waals surface area contributed by atoms with Gasteiger partial charge in [0.1, 0.15) is 16.5 Å². The van der Waals surface area contributed by atoms with E-state index in [1.54, 1.807) is 19.6 Å². The summed E-state index contributed by atoms with van der Waals surface area (Å²) in [7, 11) is 3.29. The van der Waals surface area contributed by atoms with E-state index in [1.165, 1.54) is 11.3 Å². The van der Waals surface area contributed by atoms with Gasteiger partial charge in [0.2, 0.25) is 0 Å². The second-order valence-electron chi connectivity index (χ2n) is 4.77. The van der Waals surface area contributed by atoms with Crippen molar-refractivity contribution in [1.29, 1.82) is 0 Å². The van der Waals surface area contributed by atoms with Crippen molar-refractivity contribution in [2.75, 3.05) is 40.5 Å². The normalized spacial score (nSPS) is 10.5. The Morgan fingerprint density at radius 1 is 1.17 bits per heavy atom. The number of aromatic nitrogens is 1. The van der Waals surface area contributed by atoms with Crippen molar-refractivity contribution in [3.63, 3.8) is 0 Å². The first-order valence-corrected chi connectivity index (χ1v) is 8.20. The number of carbonyl (C=O) groups is 1. The number of hydrogen-bond acceptors (Lipinski definition) is 6. The van der Waals surface area contributed by atoms with Crippen molar-refractivity contribution in [3.05, 3.63) is 35.3 Å². The van der Waals surface area contributed by atoms with Gasteiger partial charge in [-0.2, -0.15) is 0 Å². The maximum atomic E-state index is 12.0. The number of methoxy groups -OCH3 is 2. The molecule has 0 bridgehead atoms. The number of amides is 1. The van der Waals surface area contributed by atoms with Crippen LogP contribution in [-0.4, -0.2) is 51.4 Å². The van der Waals surface area contributed by atoms with E-state index < -0.39 is 0 Å². The molecule has 0 radical (unpaired) electrons. The predicted octanol–water partition coefficient (Wildman–Crippen LogP) is 1.78. The Morgan fingerprint density at radius 2 is 1.96 bits per heavy atom. The number of nitrogens with zero attached hydrogens (tertiary/aromatic N) is 1. The van der Waals surface area contributed by atoms with E-state index >= 15 is 0 Å². The maximum absolute atomic E-state index is 12.0. The molecule has 0 spiro atoms. The molecule has 1 aromatic carbocycles. The maximum Gasteiger partial charge on any atom is 0.270 e. The minimum Gasteiger partial charge on any atom is -0.497 e. The van der Waals surface area contributed by atoms with Gasteiger partial charge in [-0.3, -0.25) is 4.79 Å². The Bertz CT molecular complexity index is 613. The molecule has 0 unspecified atom stereocenters. The Balaban J connectivity index is 1.84. The van der Waals surface area contributed by atoms with E-state index in [4.69, 9.17) is 9.47 Å². The monoisotopic (exact) mass is 335 g/mol. The number of rotatable bonds is 9. The zero-order valence-corrected chi connectivity index (χ0v) is 14.1. The highest BCUT2D eigenvalue weighted by atomic mass is 32.1. The molecule has 124 valence electrons. The van der Waals surface area contributed by atoms with Gasteiger partial charge in [-0.15, -0.1) is 11.3 Å². The summed E-state index contributed by atoms with van der Waals surface area (Å²) in [6, 6.07) is 7.61. The minimum absolute atomic E-state index is 0.158. The van der Waals surface area contributed by atoms with Gasteiger partial charge in [-0.1, -0.05) is 0 Å². The molecule has 0 aliphatic rings. The molecular weight excluding hydrogens is 314 g/mol. The predicted molar refractivity (Wildman–Crippen MR) is 91.2 cm³/mol. The fraction of sp³-hybridized carbons (Fsp3) is 0.375. The fourth-order valence-electron chi connectivity index (χ4n) is 1.90. The van der Waals surface area contributed by atoms with Gasteiger partial charge in [0.05, 0.1) is 13.7 Å². The largest absolute Gasteiger partial charge is 0.497 e. The van der Waals surface area contributed by atoms with Crippen LogP contribution >= 0.6 is 11.3 Å². The average Bonchev–Trinajstić information content (AvgIpc) is 3.08. The van der Waals surface area contributed by atoms with Gasteiger partial charge < -0.3 is 20.1 Å². The summed E-state index contributed by atoms with van der Waals surface area (Å²) in [4.78, 5) is 16.4. The van der Waals surface area contributed by atoms with Crippen molar-refractivity contribution < 1.29 is 14.3 Å². The van der Waals surface area contributed by atoms with Crippen LogP contribution in [0.4, 0.5) is 0 Å². The molecule has 0 aliphatic carbocycles. The van der Waals surface area contributed by atoms with Crippen molar-refractivity contribution in [2.45, 2.75) is 0 Å². The third-order valence-electron chi connectivity index (χ3n) is 3.14. The van der Waals surface area contributed by atoms with Gasteiger partial charge in [0.25, 0.3) is 5.91 Å². The summed E-state index contributed by atoms with van der Waals surface area (Å²) in [5.41, 5.74) is 1.41. The number of benzene rings is 1. The summed E-state index contributed by atoms with van der Waals surface area (Å²) < 4.78 is 10.1. The number of thiazole rings is 1. The number of carbonyl (C=O) groups excluding carboxylic acids is 1. The van der Waals surface area contributed by atoms with Crippen LogP contribution in [-0.2, 0) is 4.74 Å². The minimum atomic E-state index is -0.158. The first kappa shape index (κ1) is 17.4. The lowest BCUT2D eigenvalue weighted by atomic mass is 10.2. The summed E-state index contributed by atoms with van der Waals surface area (Å²) in [6.45, 7) is 2.68. The van der Waals surface area contributed by atoms with Gasteiger partial charge in [-0.25, -0.2) is 4.98 Å². The lowest BCUT2D eigenvalue weighted by molar-refractivity contribution is 0.0949. The van der Waals surface area contributed by atoms with E-state index in [0.29, 0.717) is 25.4 Å². The molecule has 1 heterocycles. The summed E-state index contributed by atoms with van der Waals surface area (Å²) in [5, 5.41) is 8.59. The number of nitrogens with one attached hydrogen (secondary N) is 2. The van der Waals surface area contributed by atoms with E-state index in [1.807, 2.05) is 24.3 Å². The van der Waals surface area contributed by atoms with E-state index in [2.05, 4.69) is 15.6 Å². The molecule has 0 saturated heterocycles. The van der Waals surface area contributed by atoms with Crippen molar-refractivity contribution in [2.24, 2.45) is 0 Å². The molecule has 7 heteroatoms. The Labute approximate surface area is 139 Å². The Morgan fingerprint density at radius 3 is 2.65 bits per heavy atom. The van der Waals surface area contributed by atoms with E-state index in [9.17, 15) is 4.79 Å². The molecule has 1 aromatic heterocycles. The van der Waals surface area contributed by atoms with Crippen LogP contribution in [0.5, 0.6) is 5.75 Å². The summed E-state index contributed by atoms with van der Waals surface area (Å²) in [6.07, 6.45) is 0. The SMILES string of the molecule is COCCNCCNC(=O)c1csc(-c2ccc(OC)cc2)n1. The van der Waals surface area contributed by atoms with Gasteiger partial charge in [-0.05, 0) is 24.3 Å². The smallest absolute Gasteiger partial charge is 0.270 e. The molecule has 6 nitrogen and oxygen atoms in total. The topological polar surface area (TPSA) is 72.5 Å². The molecule has 1 amide bonds. The Hall–Kier alpha value is -1.96. The lowest BCUT2D eigenvalue weighted by Crippen LogP contribution is -2.33. The quantitative estimate of drug-likeness (QED) is 0.684. The molecular formula is C16H21N3O3S. The zero-order chi connectivity index (χ0) is 16.5. The van der Waals surface area contributed by atoms with Crippen LogP contribution in [0.25, 0.3) is 10.6 Å². The van der Waals surface area contributed by atoms with Crippen LogP contribution in [0.1, 0.15) is 10.5 Å². The second kappa shape index (κ2) is 9.24. The number of ether oxygens (including phenoxy) is 2. The molecule has 0 saturated carbocycles. The third kappa shape index (κ3) is 5.31. The highest BCUT2D eigenvalue weighted by Gasteiger charge is 2.11. The van der Waals surface area contributed by atoms with E-state index in [0.717, 1.165) is 22.9 Å². The summed E-state index contributed by atoms with van der Waals surface area (Å²) >= 11 is 1.45. The van der Waals surface area contributed by atoms with Crippen molar-refractivity contribution >= 4 is 17.2 Å². The molecule has 2 aromatic rings. The van der Waals surface area contributed by atoms with Gasteiger partial charge >= 0.3 is 0 Å². The molecule has 0 atom stereocenters. The van der Waals surface area contributed by atoms with Crippen LogP contribution < -0.4 is 15.4 Å². The molecule has 2 N–H and O–H groups in total. The standard InChI is InChI=1S/C16H21N3O3S/c1-21-10-9-17-7-8-18-15(20)14-11-23-16(19-14)12-3-5-13(22-2)6-4-12/h3-6,11,17H,7-10H2,1-2H3,(H,18,20). The van der Waals surface area contributed by atoms with Gasteiger partial charge in [0, 0.05) is 37.7 Å². The van der Waals surface area contributed by atoms with Crippen molar-refractivity contribution in [3.8, 4) is 16.3 Å². The zero-order valence-electron chi connectivity index (χ0n) is 13.3. The third-order valence-corrected chi connectivity index (χ3v) is 4.04. The lowest BCUT2D eigenvalue weighted by Gasteiger charge is -2.05. The first-order valence-electron chi connectivity index (χ1n) is 7.32. The average molecular weight is 335 g/mol. The fourth-order valence-corrected chi connectivity index (χ4v) is 2.70. The molecule has 23 heavy (non-hydrogen) atoms. The van der Waals surface area contributed by atoms with Crippen molar-refractivity contribution in [1.82, 2.24) is 15.6 Å². The van der Waals surface area contributed by atoms with Gasteiger partial charge in [0.15, 0.2) is 0 Å². The summed E-state index contributed by atoms with van der Waals surface area (Å²) in [5.74, 6) is 0.638. The Kier molecular flexibility index (Phi) is 6.99. The highest BCUT2D eigenvalue weighted by molar-refractivity contribution is 7.13. The number of hydrogen-bond donors (Lipinski definition) is 2. The molecule has 0 aliphatic heterocycles. The van der Waals surface area contributed by atoms with Crippen LogP contribution in [0.2, 0.25) is 0 Å². The first-order chi connectivity index (χ1) is 11.2. The van der Waals surface area contributed by atoms with Crippen LogP contribution in [0.3, 0.4) is 0 Å². The second-order valence-corrected chi connectivity index (χ2v) is 5.62. The van der Waals surface area contributed by atoms with Crippen LogP contribution in [0, 0.1) is 0 Å². The van der Waals surface area contributed by atoms with E-state index in [-0.39, 0.29) is 5.91 Å². The van der Waals surface area contributed by atoms with Crippen LogP contribution in [0.15, 0.2) is 29.6 Å². The molecule has 2 rings (SSSR count).